The lowest BCUT2D eigenvalue weighted by molar-refractivity contribution is -0.117. The number of rotatable bonds is 3. The van der Waals surface area contributed by atoms with E-state index in [9.17, 15) is 4.79 Å². The quantitative estimate of drug-likeness (QED) is 0.859. The predicted molar refractivity (Wildman–Crippen MR) is 71.0 cm³/mol. The summed E-state index contributed by atoms with van der Waals surface area (Å²) in [5.41, 5.74) is 0.671. The van der Waals surface area contributed by atoms with Crippen molar-refractivity contribution in [2.24, 2.45) is 0 Å². The van der Waals surface area contributed by atoms with E-state index in [1.54, 1.807) is 29.3 Å². The van der Waals surface area contributed by atoms with Crippen LogP contribution in [0.4, 0.5) is 5.69 Å². The second-order valence-corrected chi connectivity index (χ2v) is 4.46. The van der Waals surface area contributed by atoms with Gasteiger partial charge >= 0.3 is 0 Å². The lowest BCUT2D eigenvalue weighted by Crippen LogP contribution is -2.35. The normalized spacial score (nSPS) is 18.4. The van der Waals surface area contributed by atoms with Crippen LogP contribution in [0.15, 0.2) is 36.8 Å². The Morgan fingerprint density at radius 2 is 2.37 bits per heavy atom. The van der Waals surface area contributed by atoms with Crippen molar-refractivity contribution in [2.75, 3.05) is 11.9 Å². The van der Waals surface area contributed by atoms with Gasteiger partial charge in [-0.15, -0.1) is 0 Å². The summed E-state index contributed by atoms with van der Waals surface area (Å²) in [6, 6.07) is 5.34. The van der Waals surface area contributed by atoms with Crippen LogP contribution in [-0.4, -0.2) is 33.3 Å². The van der Waals surface area contributed by atoms with Crippen molar-refractivity contribution in [1.29, 1.82) is 0 Å². The van der Waals surface area contributed by atoms with Crippen LogP contribution in [0.2, 0.25) is 0 Å². The SMILES string of the molecule is O=C(Nc1cccnc1-n1cccn1)[C@H]1CCCN1. The van der Waals surface area contributed by atoms with E-state index in [1.165, 1.54) is 0 Å². The van der Waals surface area contributed by atoms with Gasteiger partial charge in [0.05, 0.1) is 11.7 Å². The van der Waals surface area contributed by atoms with Crippen LogP contribution in [-0.2, 0) is 4.79 Å². The summed E-state index contributed by atoms with van der Waals surface area (Å²) in [6.07, 6.45) is 7.07. The van der Waals surface area contributed by atoms with Crippen molar-refractivity contribution in [2.45, 2.75) is 18.9 Å². The van der Waals surface area contributed by atoms with Crippen molar-refractivity contribution < 1.29 is 4.79 Å². The van der Waals surface area contributed by atoms with Gasteiger partial charge in [0.2, 0.25) is 5.91 Å². The highest BCUT2D eigenvalue weighted by Gasteiger charge is 2.22. The molecule has 3 heterocycles. The minimum absolute atomic E-state index is 0.0149. The number of hydrogen-bond acceptors (Lipinski definition) is 4. The molecule has 0 aromatic carbocycles. The maximum Gasteiger partial charge on any atom is 0.241 e. The van der Waals surface area contributed by atoms with Crippen LogP contribution in [0, 0.1) is 0 Å². The Labute approximate surface area is 110 Å². The molecule has 2 aromatic rings. The third kappa shape index (κ3) is 2.48. The van der Waals surface area contributed by atoms with Gasteiger partial charge in [-0.05, 0) is 37.6 Å². The van der Waals surface area contributed by atoms with Crippen molar-refractivity contribution in [1.82, 2.24) is 20.1 Å². The molecule has 2 aromatic heterocycles. The van der Waals surface area contributed by atoms with Crippen LogP contribution in [0.1, 0.15) is 12.8 Å². The maximum absolute atomic E-state index is 12.1. The molecule has 1 fully saturated rings. The van der Waals surface area contributed by atoms with Gasteiger partial charge in [0.15, 0.2) is 5.82 Å². The number of nitrogens with one attached hydrogen (secondary N) is 2. The molecule has 98 valence electrons. The first-order chi connectivity index (χ1) is 9.34. The fourth-order valence-electron chi connectivity index (χ4n) is 2.20. The Bertz CT molecular complexity index is 560. The summed E-state index contributed by atoms with van der Waals surface area (Å²) in [5, 5.41) is 10.2. The average molecular weight is 257 g/mol. The van der Waals surface area contributed by atoms with Crippen molar-refractivity contribution in [3.05, 3.63) is 36.8 Å². The van der Waals surface area contributed by atoms with E-state index in [0.29, 0.717) is 11.5 Å². The topological polar surface area (TPSA) is 71.8 Å². The Kier molecular flexibility index (Phi) is 3.24. The molecular formula is C13H15N5O. The average Bonchev–Trinajstić information content (AvgIpc) is 3.13. The molecule has 1 aliphatic rings. The largest absolute Gasteiger partial charge is 0.322 e. The number of pyridine rings is 1. The number of aromatic nitrogens is 3. The first-order valence-electron chi connectivity index (χ1n) is 6.34. The first kappa shape index (κ1) is 11.9. The molecule has 1 atom stereocenters. The zero-order chi connectivity index (χ0) is 13.1. The van der Waals surface area contributed by atoms with Gasteiger partial charge < -0.3 is 10.6 Å². The number of carbonyl (C=O) groups excluding carboxylic acids is 1. The monoisotopic (exact) mass is 257 g/mol. The zero-order valence-electron chi connectivity index (χ0n) is 10.4. The highest BCUT2D eigenvalue weighted by Crippen LogP contribution is 2.17. The van der Waals surface area contributed by atoms with E-state index in [1.807, 2.05) is 12.1 Å². The Hall–Kier alpha value is -2.21. The molecule has 1 amide bonds. The third-order valence-corrected chi connectivity index (χ3v) is 3.14. The molecule has 0 spiro atoms. The Morgan fingerprint density at radius 1 is 1.42 bits per heavy atom. The summed E-state index contributed by atoms with van der Waals surface area (Å²) in [6.45, 7) is 0.900. The summed E-state index contributed by atoms with van der Waals surface area (Å²) >= 11 is 0. The minimum atomic E-state index is -0.106. The smallest absolute Gasteiger partial charge is 0.241 e. The molecule has 3 rings (SSSR count). The van der Waals surface area contributed by atoms with Crippen LogP contribution in [0.3, 0.4) is 0 Å². The summed E-state index contributed by atoms with van der Waals surface area (Å²) in [4.78, 5) is 16.4. The summed E-state index contributed by atoms with van der Waals surface area (Å²) in [7, 11) is 0. The predicted octanol–water partition coefficient (Wildman–Crippen LogP) is 0.958. The number of nitrogens with zero attached hydrogens (tertiary/aromatic N) is 3. The highest BCUT2D eigenvalue weighted by atomic mass is 16.2. The molecule has 6 nitrogen and oxygen atoms in total. The molecule has 6 heteroatoms. The maximum atomic E-state index is 12.1. The van der Waals surface area contributed by atoms with Gasteiger partial charge in [-0.25, -0.2) is 9.67 Å². The van der Waals surface area contributed by atoms with E-state index in [0.717, 1.165) is 19.4 Å². The molecule has 19 heavy (non-hydrogen) atoms. The lowest BCUT2D eigenvalue weighted by Gasteiger charge is -2.13. The van der Waals surface area contributed by atoms with Crippen LogP contribution < -0.4 is 10.6 Å². The third-order valence-electron chi connectivity index (χ3n) is 3.14. The number of amides is 1. The summed E-state index contributed by atoms with van der Waals surface area (Å²) in [5.74, 6) is 0.609. The molecule has 0 radical (unpaired) electrons. The molecule has 0 bridgehead atoms. The number of carbonyl (C=O) groups is 1. The van der Waals surface area contributed by atoms with Gasteiger partial charge in [-0.3, -0.25) is 4.79 Å². The lowest BCUT2D eigenvalue weighted by atomic mass is 10.2. The molecule has 1 saturated heterocycles. The van der Waals surface area contributed by atoms with Crippen LogP contribution in [0.5, 0.6) is 0 Å². The standard InChI is InChI=1S/C13H15N5O/c19-13(11-5-2-6-14-11)17-10-4-1-7-15-12(10)18-9-3-8-16-18/h1,3-4,7-9,11,14H,2,5-6H2,(H,17,19)/t11-/m1/s1. The Balaban J connectivity index is 1.83. The first-order valence-corrected chi connectivity index (χ1v) is 6.34. The Morgan fingerprint density at radius 3 is 3.11 bits per heavy atom. The van der Waals surface area contributed by atoms with Gasteiger partial charge in [-0.2, -0.15) is 5.10 Å². The summed E-state index contributed by atoms with van der Waals surface area (Å²) < 4.78 is 1.64. The van der Waals surface area contributed by atoms with Crippen molar-refractivity contribution in [3.8, 4) is 5.82 Å². The van der Waals surface area contributed by atoms with E-state index in [2.05, 4.69) is 20.7 Å². The van der Waals surface area contributed by atoms with E-state index >= 15 is 0 Å². The molecule has 0 saturated carbocycles. The molecule has 0 unspecified atom stereocenters. The molecule has 0 aliphatic carbocycles. The van der Waals surface area contributed by atoms with E-state index in [4.69, 9.17) is 0 Å². The molecule has 1 aliphatic heterocycles. The highest BCUT2D eigenvalue weighted by molar-refractivity contribution is 5.96. The van der Waals surface area contributed by atoms with Crippen molar-refractivity contribution >= 4 is 11.6 Å². The second-order valence-electron chi connectivity index (χ2n) is 4.46. The van der Waals surface area contributed by atoms with Crippen LogP contribution >= 0.6 is 0 Å². The number of anilines is 1. The van der Waals surface area contributed by atoms with E-state index in [-0.39, 0.29) is 11.9 Å². The number of hydrogen-bond donors (Lipinski definition) is 2. The van der Waals surface area contributed by atoms with Gasteiger partial charge in [-0.1, -0.05) is 0 Å². The second kappa shape index (κ2) is 5.19. The van der Waals surface area contributed by atoms with E-state index < -0.39 is 0 Å². The minimum Gasteiger partial charge on any atom is -0.322 e. The van der Waals surface area contributed by atoms with Gasteiger partial charge in [0, 0.05) is 18.6 Å². The van der Waals surface area contributed by atoms with Gasteiger partial charge in [0.1, 0.15) is 0 Å². The van der Waals surface area contributed by atoms with Crippen molar-refractivity contribution in [3.63, 3.8) is 0 Å². The molecule has 2 N–H and O–H groups in total. The van der Waals surface area contributed by atoms with Crippen LogP contribution in [0.25, 0.3) is 5.82 Å². The fraction of sp³-hybridized carbons (Fsp3) is 0.308. The van der Waals surface area contributed by atoms with Gasteiger partial charge in [0.25, 0.3) is 0 Å². The fourth-order valence-corrected chi connectivity index (χ4v) is 2.20. The zero-order valence-corrected chi connectivity index (χ0v) is 10.4. The molecular weight excluding hydrogens is 242 g/mol.